The van der Waals surface area contributed by atoms with E-state index in [-0.39, 0.29) is 0 Å². The number of hydrogen-bond acceptors (Lipinski definition) is 3. The molecule has 0 aliphatic carbocycles. The number of rotatable bonds is 5. The zero-order valence-corrected chi connectivity index (χ0v) is 12.4. The molecule has 4 heteroatoms. The minimum Gasteiger partial charge on any atom is -0.370 e. The van der Waals surface area contributed by atoms with Crippen LogP contribution >= 0.6 is 15.9 Å². The van der Waals surface area contributed by atoms with Crippen LogP contribution in [0.3, 0.4) is 0 Å². The van der Waals surface area contributed by atoms with Crippen molar-refractivity contribution in [1.82, 2.24) is 0 Å². The second-order valence-electron chi connectivity index (χ2n) is 4.70. The van der Waals surface area contributed by atoms with E-state index in [4.69, 9.17) is 5.73 Å². The van der Waals surface area contributed by atoms with E-state index < -0.39 is 0 Å². The standard InChI is InChI=1S/C14H20BrN3/c1-2-3-4-7-13-10-17-14(16)18(13)12-8-5-6-11(15)9-12/h5-6,8-9,13H,2-4,7,10H2,1H3,(H2,16,17). The van der Waals surface area contributed by atoms with Gasteiger partial charge in [0.1, 0.15) is 0 Å². The highest BCUT2D eigenvalue weighted by Crippen LogP contribution is 2.26. The van der Waals surface area contributed by atoms with Crippen molar-refractivity contribution in [2.75, 3.05) is 11.4 Å². The third-order valence-electron chi connectivity index (χ3n) is 3.30. The maximum atomic E-state index is 6.02. The number of nitrogens with zero attached hydrogens (tertiary/aromatic N) is 2. The van der Waals surface area contributed by atoms with E-state index in [1.54, 1.807) is 0 Å². The van der Waals surface area contributed by atoms with E-state index in [1.807, 2.05) is 12.1 Å². The first-order valence-electron chi connectivity index (χ1n) is 6.57. The van der Waals surface area contributed by atoms with Crippen molar-refractivity contribution in [2.45, 2.75) is 38.6 Å². The summed E-state index contributed by atoms with van der Waals surface area (Å²) in [5, 5.41) is 0. The molecule has 98 valence electrons. The first-order chi connectivity index (χ1) is 8.72. The van der Waals surface area contributed by atoms with Crippen molar-refractivity contribution in [1.29, 1.82) is 0 Å². The molecule has 0 fully saturated rings. The van der Waals surface area contributed by atoms with Crippen molar-refractivity contribution in [3.63, 3.8) is 0 Å². The van der Waals surface area contributed by atoms with Crippen LogP contribution < -0.4 is 10.6 Å². The molecule has 3 nitrogen and oxygen atoms in total. The lowest BCUT2D eigenvalue weighted by Crippen LogP contribution is -2.40. The average Bonchev–Trinajstić information content (AvgIpc) is 2.71. The van der Waals surface area contributed by atoms with E-state index in [2.05, 4.69) is 44.9 Å². The number of hydrogen-bond donors (Lipinski definition) is 1. The average molecular weight is 310 g/mol. The zero-order chi connectivity index (χ0) is 13.0. The van der Waals surface area contributed by atoms with Crippen LogP contribution in [0.1, 0.15) is 32.6 Å². The van der Waals surface area contributed by atoms with Gasteiger partial charge >= 0.3 is 0 Å². The summed E-state index contributed by atoms with van der Waals surface area (Å²) in [6, 6.07) is 8.67. The molecule has 1 unspecified atom stereocenters. The Morgan fingerprint density at radius 1 is 1.44 bits per heavy atom. The van der Waals surface area contributed by atoms with Crippen molar-refractivity contribution in [3.8, 4) is 0 Å². The highest BCUT2D eigenvalue weighted by molar-refractivity contribution is 9.10. The molecular weight excluding hydrogens is 290 g/mol. The molecule has 1 aromatic rings. The maximum absolute atomic E-state index is 6.02. The van der Waals surface area contributed by atoms with Gasteiger partial charge in [0.15, 0.2) is 5.96 Å². The van der Waals surface area contributed by atoms with Crippen molar-refractivity contribution >= 4 is 27.6 Å². The summed E-state index contributed by atoms with van der Waals surface area (Å²) in [5.41, 5.74) is 7.15. The van der Waals surface area contributed by atoms with Crippen molar-refractivity contribution in [2.24, 2.45) is 10.7 Å². The van der Waals surface area contributed by atoms with Gasteiger partial charge in [-0.3, -0.25) is 4.99 Å². The lowest BCUT2D eigenvalue weighted by atomic mass is 10.1. The molecule has 2 N–H and O–H groups in total. The van der Waals surface area contributed by atoms with Crippen LogP contribution in [0.15, 0.2) is 33.7 Å². The minimum atomic E-state index is 0.422. The number of unbranched alkanes of at least 4 members (excludes halogenated alkanes) is 2. The van der Waals surface area contributed by atoms with Gasteiger partial charge in [0, 0.05) is 10.2 Å². The van der Waals surface area contributed by atoms with E-state index in [0.29, 0.717) is 12.0 Å². The molecule has 0 radical (unpaired) electrons. The van der Waals surface area contributed by atoms with Gasteiger partial charge in [-0.1, -0.05) is 48.2 Å². The number of anilines is 1. The maximum Gasteiger partial charge on any atom is 0.196 e. The smallest absolute Gasteiger partial charge is 0.196 e. The van der Waals surface area contributed by atoms with E-state index in [9.17, 15) is 0 Å². The third kappa shape index (κ3) is 3.05. The highest BCUT2D eigenvalue weighted by atomic mass is 79.9. The topological polar surface area (TPSA) is 41.6 Å². The van der Waals surface area contributed by atoms with Crippen LogP contribution in [-0.2, 0) is 0 Å². The molecule has 1 atom stereocenters. The van der Waals surface area contributed by atoms with Gasteiger partial charge in [-0.05, 0) is 24.6 Å². The van der Waals surface area contributed by atoms with Gasteiger partial charge in [-0.2, -0.15) is 0 Å². The van der Waals surface area contributed by atoms with Gasteiger partial charge < -0.3 is 10.6 Å². The molecule has 1 heterocycles. The summed E-state index contributed by atoms with van der Waals surface area (Å²) in [7, 11) is 0. The van der Waals surface area contributed by atoms with Gasteiger partial charge in [0.25, 0.3) is 0 Å². The Morgan fingerprint density at radius 2 is 2.28 bits per heavy atom. The van der Waals surface area contributed by atoms with Crippen molar-refractivity contribution < 1.29 is 0 Å². The molecule has 1 aromatic carbocycles. The Bertz CT molecular complexity index is 431. The summed E-state index contributed by atoms with van der Waals surface area (Å²) in [4.78, 5) is 6.56. The largest absolute Gasteiger partial charge is 0.370 e. The van der Waals surface area contributed by atoms with Gasteiger partial charge in [0.2, 0.25) is 0 Å². The summed E-state index contributed by atoms with van der Waals surface area (Å²) < 4.78 is 1.08. The third-order valence-corrected chi connectivity index (χ3v) is 3.80. The van der Waals surface area contributed by atoms with Crippen LogP contribution in [0.5, 0.6) is 0 Å². The molecule has 0 spiro atoms. The lowest BCUT2D eigenvalue weighted by Gasteiger charge is -2.26. The minimum absolute atomic E-state index is 0.422. The first kappa shape index (κ1) is 13.4. The SMILES string of the molecule is CCCCCC1CN=C(N)N1c1cccc(Br)c1. The quantitative estimate of drug-likeness (QED) is 0.845. The summed E-state index contributed by atoms with van der Waals surface area (Å²) >= 11 is 3.51. The molecule has 0 saturated heterocycles. The summed E-state index contributed by atoms with van der Waals surface area (Å²) in [6.45, 7) is 3.05. The predicted molar refractivity (Wildman–Crippen MR) is 81.0 cm³/mol. The highest BCUT2D eigenvalue weighted by Gasteiger charge is 2.26. The summed E-state index contributed by atoms with van der Waals surface area (Å²) in [5.74, 6) is 0.648. The Balaban J connectivity index is 2.10. The second-order valence-corrected chi connectivity index (χ2v) is 5.61. The normalized spacial score (nSPS) is 19.1. The van der Waals surface area contributed by atoms with E-state index in [0.717, 1.165) is 23.1 Å². The Labute approximate surface area is 117 Å². The Kier molecular flexibility index (Phi) is 4.64. The number of aliphatic imine (C=N–C) groups is 1. The second kappa shape index (κ2) is 6.23. The number of guanidine groups is 1. The van der Waals surface area contributed by atoms with Gasteiger partial charge in [-0.15, -0.1) is 0 Å². The lowest BCUT2D eigenvalue weighted by molar-refractivity contribution is 0.580. The fourth-order valence-electron chi connectivity index (χ4n) is 2.36. The van der Waals surface area contributed by atoms with E-state index >= 15 is 0 Å². The number of halogens is 1. The molecule has 0 bridgehead atoms. The monoisotopic (exact) mass is 309 g/mol. The zero-order valence-electron chi connectivity index (χ0n) is 10.8. The van der Waals surface area contributed by atoms with Crippen LogP contribution in [0.2, 0.25) is 0 Å². The number of nitrogens with two attached hydrogens (primary N) is 1. The molecule has 0 amide bonds. The molecular formula is C14H20BrN3. The molecule has 2 rings (SSSR count). The van der Waals surface area contributed by atoms with Crippen LogP contribution in [0.4, 0.5) is 5.69 Å². The van der Waals surface area contributed by atoms with Crippen molar-refractivity contribution in [3.05, 3.63) is 28.7 Å². The predicted octanol–water partition coefficient (Wildman–Crippen LogP) is 3.53. The Hall–Kier alpha value is -1.03. The summed E-state index contributed by atoms with van der Waals surface area (Å²) in [6.07, 6.45) is 4.93. The van der Waals surface area contributed by atoms with E-state index in [1.165, 1.54) is 19.3 Å². The molecule has 18 heavy (non-hydrogen) atoms. The molecule has 0 saturated carbocycles. The van der Waals surface area contributed by atoms with Gasteiger partial charge in [-0.25, -0.2) is 0 Å². The van der Waals surface area contributed by atoms with Crippen LogP contribution in [0, 0.1) is 0 Å². The van der Waals surface area contributed by atoms with Crippen LogP contribution in [0.25, 0.3) is 0 Å². The fourth-order valence-corrected chi connectivity index (χ4v) is 2.75. The fraction of sp³-hybridized carbons (Fsp3) is 0.500. The van der Waals surface area contributed by atoms with Gasteiger partial charge in [0.05, 0.1) is 12.6 Å². The number of benzene rings is 1. The Morgan fingerprint density at radius 3 is 3.00 bits per heavy atom. The molecule has 1 aliphatic rings. The molecule has 0 aromatic heterocycles. The molecule has 1 aliphatic heterocycles. The first-order valence-corrected chi connectivity index (χ1v) is 7.36. The van der Waals surface area contributed by atoms with Crippen LogP contribution in [-0.4, -0.2) is 18.5 Å².